The molecule has 0 spiro atoms. The molecule has 5 N–H and O–H groups in total. The molecule has 5 heteroatoms. The van der Waals surface area contributed by atoms with Gasteiger partial charge in [0.15, 0.2) is 5.78 Å². The first kappa shape index (κ1) is 14.1. The molecule has 0 aromatic heterocycles. The number of hydrogen-bond donors (Lipinski definition) is 3. The highest BCUT2D eigenvalue weighted by atomic mass is 16.4. The molecule has 0 unspecified atom stereocenters. The molecule has 88 valence electrons. The molecular formula is C10H20N2O3. The van der Waals surface area contributed by atoms with E-state index in [1.165, 1.54) is 0 Å². The molecule has 15 heavy (non-hydrogen) atoms. The number of aliphatic carboxylic acids is 1. The summed E-state index contributed by atoms with van der Waals surface area (Å²) >= 11 is 0. The standard InChI is InChI=1S/C10H20N2O3/c1-2-3-4-7(10(14)15)5-9(13)8(12)6-11/h7-8H,2-6,11-12H2,1H3,(H,14,15)/t7-,8-/m1/s1. The zero-order valence-corrected chi connectivity index (χ0v) is 9.11. The third-order valence-corrected chi connectivity index (χ3v) is 2.37. The van der Waals surface area contributed by atoms with Gasteiger partial charge in [0.05, 0.1) is 12.0 Å². The number of unbranched alkanes of at least 4 members (excludes halogenated alkanes) is 1. The summed E-state index contributed by atoms with van der Waals surface area (Å²) in [5, 5.41) is 8.88. The fourth-order valence-electron chi connectivity index (χ4n) is 1.29. The molecule has 0 aromatic carbocycles. The largest absolute Gasteiger partial charge is 0.481 e. The minimum atomic E-state index is -0.930. The van der Waals surface area contributed by atoms with Gasteiger partial charge in [-0.2, -0.15) is 0 Å². The van der Waals surface area contributed by atoms with Crippen molar-refractivity contribution in [2.24, 2.45) is 17.4 Å². The van der Waals surface area contributed by atoms with Crippen molar-refractivity contribution >= 4 is 11.8 Å². The van der Waals surface area contributed by atoms with Crippen molar-refractivity contribution in [2.75, 3.05) is 6.54 Å². The van der Waals surface area contributed by atoms with E-state index in [1.54, 1.807) is 0 Å². The maximum Gasteiger partial charge on any atom is 0.306 e. The molecule has 0 heterocycles. The van der Waals surface area contributed by atoms with Gasteiger partial charge in [-0.3, -0.25) is 9.59 Å². The molecule has 2 atom stereocenters. The monoisotopic (exact) mass is 216 g/mol. The van der Waals surface area contributed by atoms with Crippen LogP contribution in [-0.2, 0) is 9.59 Å². The van der Waals surface area contributed by atoms with Crippen molar-refractivity contribution in [3.63, 3.8) is 0 Å². The Morgan fingerprint density at radius 3 is 2.40 bits per heavy atom. The highest BCUT2D eigenvalue weighted by Crippen LogP contribution is 2.14. The number of hydrogen-bond acceptors (Lipinski definition) is 4. The van der Waals surface area contributed by atoms with Crippen LogP contribution in [0.15, 0.2) is 0 Å². The number of Topliss-reactive ketones (excluding diaryl/α,β-unsaturated/α-hetero) is 1. The van der Waals surface area contributed by atoms with Gasteiger partial charge in [0, 0.05) is 13.0 Å². The van der Waals surface area contributed by atoms with Gasteiger partial charge in [0.25, 0.3) is 0 Å². The van der Waals surface area contributed by atoms with E-state index >= 15 is 0 Å². The van der Waals surface area contributed by atoms with Gasteiger partial charge in [-0.25, -0.2) is 0 Å². The van der Waals surface area contributed by atoms with Crippen molar-refractivity contribution in [1.82, 2.24) is 0 Å². The molecule has 0 aromatic rings. The molecule has 0 amide bonds. The van der Waals surface area contributed by atoms with Gasteiger partial charge < -0.3 is 16.6 Å². The van der Waals surface area contributed by atoms with E-state index in [4.69, 9.17) is 16.6 Å². The zero-order valence-electron chi connectivity index (χ0n) is 9.11. The molecule has 0 fully saturated rings. The Morgan fingerprint density at radius 1 is 1.40 bits per heavy atom. The second kappa shape index (κ2) is 7.36. The lowest BCUT2D eigenvalue weighted by Crippen LogP contribution is -2.39. The summed E-state index contributed by atoms with van der Waals surface area (Å²) in [6.07, 6.45) is 2.24. The van der Waals surface area contributed by atoms with Crippen LogP contribution >= 0.6 is 0 Å². The molecule has 0 aliphatic rings. The summed E-state index contributed by atoms with van der Waals surface area (Å²) in [6.45, 7) is 2.05. The summed E-state index contributed by atoms with van der Waals surface area (Å²) in [4.78, 5) is 22.2. The highest BCUT2D eigenvalue weighted by Gasteiger charge is 2.23. The molecule has 0 radical (unpaired) electrons. The molecule has 0 aliphatic heterocycles. The van der Waals surface area contributed by atoms with Crippen molar-refractivity contribution in [3.8, 4) is 0 Å². The second-order valence-electron chi connectivity index (χ2n) is 3.69. The van der Waals surface area contributed by atoms with Crippen LogP contribution in [0.1, 0.15) is 32.6 Å². The maximum absolute atomic E-state index is 11.4. The normalized spacial score (nSPS) is 14.6. The van der Waals surface area contributed by atoms with Crippen LogP contribution in [0.2, 0.25) is 0 Å². The molecule has 0 saturated carbocycles. The van der Waals surface area contributed by atoms with Gasteiger partial charge in [-0.15, -0.1) is 0 Å². The lowest BCUT2D eigenvalue weighted by Gasteiger charge is -2.13. The molecule has 0 bridgehead atoms. The summed E-state index contributed by atoms with van der Waals surface area (Å²) in [5.74, 6) is -1.81. The first-order chi connectivity index (χ1) is 7.02. The predicted molar refractivity (Wildman–Crippen MR) is 57.3 cm³/mol. The van der Waals surface area contributed by atoms with E-state index in [9.17, 15) is 9.59 Å². The number of nitrogens with two attached hydrogens (primary N) is 2. The number of rotatable bonds is 8. The average Bonchev–Trinajstić information content (AvgIpc) is 2.22. The number of carboxylic acid groups (broad SMARTS) is 1. The SMILES string of the molecule is CCCC[C@H](CC(=O)[C@H](N)CN)C(=O)O. The van der Waals surface area contributed by atoms with Gasteiger partial charge in [0.2, 0.25) is 0 Å². The smallest absolute Gasteiger partial charge is 0.306 e. The van der Waals surface area contributed by atoms with Crippen LogP contribution in [0.25, 0.3) is 0 Å². The van der Waals surface area contributed by atoms with Crippen LogP contribution in [0, 0.1) is 5.92 Å². The Labute approximate surface area is 89.8 Å². The molecule has 0 rings (SSSR count). The Bertz CT molecular complexity index is 219. The van der Waals surface area contributed by atoms with E-state index in [1.807, 2.05) is 6.92 Å². The van der Waals surface area contributed by atoms with Gasteiger partial charge >= 0.3 is 5.97 Å². The quantitative estimate of drug-likeness (QED) is 0.534. The lowest BCUT2D eigenvalue weighted by atomic mass is 9.94. The van der Waals surface area contributed by atoms with Crippen molar-refractivity contribution < 1.29 is 14.7 Å². The summed E-state index contributed by atoms with van der Waals surface area (Å²) in [7, 11) is 0. The molecule has 0 aliphatic carbocycles. The molecule has 5 nitrogen and oxygen atoms in total. The maximum atomic E-state index is 11.4. The average molecular weight is 216 g/mol. The van der Waals surface area contributed by atoms with Crippen LogP contribution in [0.3, 0.4) is 0 Å². The summed E-state index contributed by atoms with van der Waals surface area (Å²) in [5.41, 5.74) is 10.7. The Kier molecular flexibility index (Phi) is 6.90. The summed E-state index contributed by atoms with van der Waals surface area (Å²) in [6, 6.07) is -0.728. The molecular weight excluding hydrogens is 196 g/mol. The Balaban J connectivity index is 4.16. The highest BCUT2D eigenvalue weighted by molar-refractivity contribution is 5.87. The zero-order chi connectivity index (χ0) is 11.8. The van der Waals surface area contributed by atoms with Crippen LogP contribution in [0.4, 0.5) is 0 Å². The minimum absolute atomic E-state index is 0.00625. The Morgan fingerprint density at radius 2 is 2.00 bits per heavy atom. The van der Waals surface area contributed by atoms with Gasteiger partial charge in [-0.1, -0.05) is 19.8 Å². The number of carbonyl (C=O) groups excluding carboxylic acids is 1. The number of ketones is 1. The van der Waals surface area contributed by atoms with Crippen LogP contribution in [-0.4, -0.2) is 29.4 Å². The first-order valence-electron chi connectivity index (χ1n) is 5.24. The summed E-state index contributed by atoms with van der Waals surface area (Å²) < 4.78 is 0. The fraction of sp³-hybridized carbons (Fsp3) is 0.800. The van der Waals surface area contributed by atoms with Crippen molar-refractivity contribution in [2.45, 2.75) is 38.6 Å². The third-order valence-electron chi connectivity index (χ3n) is 2.37. The first-order valence-corrected chi connectivity index (χ1v) is 5.24. The van der Waals surface area contributed by atoms with Crippen molar-refractivity contribution in [3.05, 3.63) is 0 Å². The predicted octanol–water partition coefficient (Wildman–Crippen LogP) is 0.123. The van der Waals surface area contributed by atoms with Crippen molar-refractivity contribution in [1.29, 1.82) is 0 Å². The van der Waals surface area contributed by atoms with E-state index in [0.717, 1.165) is 12.8 Å². The molecule has 0 saturated heterocycles. The topological polar surface area (TPSA) is 106 Å². The number of carbonyl (C=O) groups is 2. The lowest BCUT2D eigenvalue weighted by molar-refractivity contribution is -0.144. The third kappa shape index (κ3) is 5.49. The number of carboxylic acids is 1. The van der Waals surface area contributed by atoms with Gasteiger partial charge in [-0.05, 0) is 6.42 Å². The van der Waals surface area contributed by atoms with E-state index < -0.39 is 17.9 Å². The second-order valence-corrected chi connectivity index (χ2v) is 3.69. The Hall–Kier alpha value is -0.940. The minimum Gasteiger partial charge on any atom is -0.481 e. The van der Waals surface area contributed by atoms with E-state index in [0.29, 0.717) is 6.42 Å². The fourth-order valence-corrected chi connectivity index (χ4v) is 1.29. The van der Waals surface area contributed by atoms with E-state index in [2.05, 4.69) is 0 Å². The van der Waals surface area contributed by atoms with Crippen LogP contribution in [0.5, 0.6) is 0 Å². The van der Waals surface area contributed by atoms with E-state index in [-0.39, 0.29) is 18.7 Å². The van der Waals surface area contributed by atoms with Gasteiger partial charge in [0.1, 0.15) is 0 Å². The van der Waals surface area contributed by atoms with Crippen LogP contribution < -0.4 is 11.5 Å².